The average molecular weight is 263 g/mol. The summed E-state index contributed by atoms with van der Waals surface area (Å²) in [7, 11) is 0. The quantitative estimate of drug-likeness (QED) is 0.887. The minimum absolute atomic E-state index is 0.0710. The van der Waals surface area contributed by atoms with Crippen molar-refractivity contribution in [2.75, 3.05) is 24.6 Å². The first-order valence-electron chi connectivity index (χ1n) is 6.87. The van der Waals surface area contributed by atoms with Crippen molar-refractivity contribution >= 4 is 11.7 Å². The van der Waals surface area contributed by atoms with Crippen molar-refractivity contribution in [1.29, 1.82) is 0 Å². The molecule has 2 rings (SSSR count). The Bertz CT molecular complexity index is 455. The van der Waals surface area contributed by atoms with Gasteiger partial charge in [0.25, 0.3) is 0 Å². The molecule has 1 aromatic carbocycles. The highest BCUT2D eigenvalue weighted by Gasteiger charge is 2.25. The smallest absolute Gasteiger partial charge is 0.303 e. The van der Waals surface area contributed by atoms with E-state index >= 15 is 0 Å². The Hall–Kier alpha value is -1.71. The molecule has 104 valence electrons. The topological polar surface area (TPSA) is 49.8 Å². The lowest BCUT2D eigenvalue weighted by Crippen LogP contribution is -2.28. The van der Waals surface area contributed by atoms with Gasteiger partial charge in [0.1, 0.15) is 5.75 Å². The number of hydrogen-bond acceptors (Lipinski definition) is 3. The lowest BCUT2D eigenvalue weighted by Gasteiger charge is -2.30. The first kappa shape index (κ1) is 13.7. The molecule has 1 heterocycles. The summed E-state index contributed by atoms with van der Waals surface area (Å²) in [6.07, 6.45) is 0.959. The molecule has 0 radical (unpaired) electrons. The molecule has 1 atom stereocenters. The van der Waals surface area contributed by atoms with Crippen LogP contribution in [0.15, 0.2) is 18.2 Å². The maximum atomic E-state index is 10.8. The van der Waals surface area contributed by atoms with E-state index in [-0.39, 0.29) is 12.3 Å². The fourth-order valence-corrected chi connectivity index (χ4v) is 2.69. The minimum atomic E-state index is -0.752. The summed E-state index contributed by atoms with van der Waals surface area (Å²) in [6.45, 7) is 6.64. The minimum Gasteiger partial charge on any atom is -0.493 e. The number of fused-ring (bicyclic) bond motifs is 1. The number of hydrogen-bond donors (Lipinski definition) is 1. The van der Waals surface area contributed by atoms with Crippen molar-refractivity contribution in [3.05, 3.63) is 23.8 Å². The van der Waals surface area contributed by atoms with E-state index in [0.29, 0.717) is 6.61 Å². The van der Waals surface area contributed by atoms with Gasteiger partial charge in [0.15, 0.2) is 0 Å². The Kier molecular flexibility index (Phi) is 4.30. The largest absolute Gasteiger partial charge is 0.493 e. The van der Waals surface area contributed by atoms with Crippen LogP contribution in [0.1, 0.15) is 25.8 Å². The second kappa shape index (κ2) is 5.95. The van der Waals surface area contributed by atoms with Crippen molar-refractivity contribution in [2.45, 2.75) is 26.7 Å². The highest BCUT2D eigenvalue weighted by Crippen LogP contribution is 2.35. The standard InChI is InChI=1S/C15H21NO3/c1-3-16(4-2)13-6-5-7-14-12(13)8-11(10-19-14)9-15(17)18/h5-7,11H,3-4,8-10H2,1-2H3,(H,17,18). The summed E-state index contributed by atoms with van der Waals surface area (Å²) in [5, 5.41) is 8.92. The first-order chi connectivity index (χ1) is 9.15. The van der Waals surface area contributed by atoms with E-state index in [4.69, 9.17) is 9.84 Å². The molecule has 0 bridgehead atoms. The van der Waals surface area contributed by atoms with Crippen molar-refractivity contribution in [1.82, 2.24) is 0 Å². The maximum Gasteiger partial charge on any atom is 0.303 e. The third-order valence-electron chi connectivity index (χ3n) is 3.64. The second-order valence-corrected chi connectivity index (χ2v) is 4.91. The summed E-state index contributed by atoms with van der Waals surface area (Å²) in [6, 6.07) is 6.07. The number of carboxylic acid groups (broad SMARTS) is 1. The van der Waals surface area contributed by atoms with Crippen LogP contribution in [0.25, 0.3) is 0 Å². The number of carbonyl (C=O) groups is 1. The summed E-state index contributed by atoms with van der Waals surface area (Å²) < 4.78 is 5.73. The molecule has 1 aliphatic rings. The zero-order chi connectivity index (χ0) is 13.8. The number of anilines is 1. The van der Waals surface area contributed by atoms with Gasteiger partial charge in [-0.05, 0) is 32.4 Å². The van der Waals surface area contributed by atoms with Crippen LogP contribution in [0.5, 0.6) is 5.75 Å². The molecule has 0 aliphatic carbocycles. The predicted molar refractivity (Wildman–Crippen MR) is 74.9 cm³/mol. The van der Waals surface area contributed by atoms with Gasteiger partial charge in [-0.25, -0.2) is 0 Å². The van der Waals surface area contributed by atoms with Gasteiger partial charge in [-0.2, -0.15) is 0 Å². The van der Waals surface area contributed by atoms with E-state index in [0.717, 1.165) is 30.8 Å². The maximum absolute atomic E-state index is 10.8. The van der Waals surface area contributed by atoms with Gasteiger partial charge in [-0.15, -0.1) is 0 Å². The summed E-state index contributed by atoms with van der Waals surface area (Å²) in [4.78, 5) is 13.1. The van der Waals surface area contributed by atoms with Gasteiger partial charge in [-0.1, -0.05) is 6.07 Å². The Morgan fingerprint density at radius 3 is 2.79 bits per heavy atom. The molecule has 0 saturated carbocycles. The lowest BCUT2D eigenvalue weighted by molar-refractivity contribution is -0.138. The third kappa shape index (κ3) is 3.00. The van der Waals surface area contributed by atoms with Gasteiger partial charge >= 0.3 is 5.97 Å². The molecule has 0 fully saturated rings. The average Bonchev–Trinajstić information content (AvgIpc) is 2.40. The fourth-order valence-electron chi connectivity index (χ4n) is 2.69. The number of carboxylic acids is 1. The number of nitrogens with zero attached hydrogens (tertiary/aromatic N) is 1. The van der Waals surface area contributed by atoms with Crippen LogP contribution in [0, 0.1) is 5.92 Å². The molecule has 1 aromatic rings. The van der Waals surface area contributed by atoms with E-state index < -0.39 is 5.97 Å². The lowest BCUT2D eigenvalue weighted by atomic mass is 9.92. The van der Waals surface area contributed by atoms with Crippen LogP contribution in [-0.2, 0) is 11.2 Å². The zero-order valence-electron chi connectivity index (χ0n) is 11.6. The summed E-state index contributed by atoms with van der Waals surface area (Å²) in [5.41, 5.74) is 2.33. The number of aliphatic carboxylic acids is 1. The molecule has 0 amide bonds. The Labute approximate surface area is 114 Å². The number of ether oxygens (including phenoxy) is 1. The fraction of sp³-hybridized carbons (Fsp3) is 0.533. The van der Waals surface area contributed by atoms with Crippen molar-refractivity contribution in [3.8, 4) is 5.75 Å². The zero-order valence-corrected chi connectivity index (χ0v) is 11.6. The van der Waals surface area contributed by atoms with Gasteiger partial charge in [0, 0.05) is 30.3 Å². The third-order valence-corrected chi connectivity index (χ3v) is 3.64. The monoisotopic (exact) mass is 263 g/mol. The molecule has 0 saturated heterocycles. The SMILES string of the molecule is CCN(CC)c1cccc2c1CC(CC(=O)O)CO2. The van der Waals surface area contributed by atoms with E-state index in [9.17, 15) is 4.79 Å². The molecule has 4 heteroatoms. The first-order valence-corrected chi connectivity index (χ1v) is 6.87. The summed E-state index contributed by atoms with van der Waals surface area (Å²) >= 11 is 0. The molecular formula is C15H21NO3. The molecule has 4 nitrogen and oxygen atoms in total. The van der Waals surface area contributed by atoms with Crippen LogP contribution in [0.2, 0.25) is 0 Å². The molecule has 1 unspecified atom stereocenters. The molecule has 1 aliphatic heterocycles. The van der Waals surface area contributed by atoms with Crippen LogP contribution in [-0.4, -0.2) is 30.8 Å². The van der Waals surface area contributed by atoms with Crippen LogP contribution < -0.4 is 9.64 Å². The molecule has 1 N–H and O–H groups in total. The van der Waals surface area contributed by atoms with Gasteiger partial charge in [0.05, 0.1) is 13.0 Å². The van der Waals surface area contributed by atoms with E-state index in [2.05, 4.69) is 24.8 Å². The Balaban J connectivity index is 2.27. The number of rotatable bonds is 5. The second-order valence-electron chi connectivity index (χ2n) is 4.91. The number of benzene rings is 1. The molecule has 0 aromatic heterocycles. The van der Waals surface area contributed by atoms with E-state index in [1.165, 1.54) is 5.69 Å². The van der Waals surface area contributed by atoms with Crippen LogP contribution in [0.4, 0.5) is 5.69 Å². The molecule has 0 spiro atoms. The van der Waals surface area contributed by atoms with Crippen LogP contribution >= 0.6 is 0 Å². The van der Waals surface area contributed by atoms with Crippen molar-refractivity contribution < 1.29 is 14.6 Å². The van der Waals surface area contributed by atoms with E-state index in [1.807, 2.05) is 12.1 Å². The summed E-state index contributed by atoms with van der Waals surface area (Å²) in [5.74, 6) is 0.227. The van der Waals surface area contributed by atoms with E-state index in [1.54, 1.807) is 0 Å². The van der Waals surface area contributed by atoms with Crippen molar-refractivity contribution in [2.24, 2.45) is 5.92 Å². The highest BCUT2D eigenvalue weighted by atomic mass is 16.5. The normalized spacial score (nSPS) is 17.5. The van der Waals surface area contributed by atoms with Gasteiger partial charge in [-0.3, -0.25) is 4.79 Å². The highest BCUT2D eigenvalue weighted by molar-refractivity contribution is 5.67. The predicted octanol–water partition coefficient (Wildman–Crippen LogP) is 2.56. The van der Waals surface area contributed by atoms with Gasteiger partial charge in [0.2, 0.25) is 0 Å². The van der Waals surface area contributed by atoms with Crippen LogP contribution in [0.3, 0.4) is 0 Å². The van der Waals surface area contributed by atoms with Gasteiger partial charge < -0.3 is 14.7 Å². The van der Waals surface area contributed by atoms with Crippen molar-refractivity contribution in [3.63, 3.8) is 0 Å². The molecular weight excluding hydrogens is 242 g/mol. The molecule has 19 heavy (non-hydrogen) atoms. The Morgan fingerprint density at radius 1 is 1.42 bits per heavy atom. The Morgan fingerprint density at radius 2 is 2.16 bits per heavy atom.